The first-order valence-corrected chi connectivity index (χ1v) is 8.31. The molecule has 0 aliphatic rings. The van der Waals surface area contributed by atoms with E-state index in [0.29, 0.717) is 6.54 Å². The maximum absolute atomic E-state index is 11.9. The summed E-state index contributed by atoms with van der Waals surface area (Å²) in [7, 11) is 0. The average Bonchev–Trinajstić information content (AvgIpc) is 3.17. The maximum Gasteiger partial charge on any atom is 0.261 e. The van der Waals surface area contributed by atoms with Crippen LogP contribution < -0.4 is 5.32 Å². The predicted octanol–water partition coefficient (Wildman–Crippen LogP) is 4.11. The molecule has 5 heteroatoms. The topological polar surface area (TPSA) is 42.0 Å². The zero-order chi connectivity index (χ0) is 14.7. The highest BCUT2D eigenvalue weighted by Gasteiger charge is 2.08. The van der Waals surface area contributed by atoms with Gasteiger partial charge in [0.05, 0.1) is 17.1 Å². The third-order valence-corrected chi connectivity index (χ3v) is 4.83. The number of nitrogens with one attached hydrogen (secondary N) is 1. The average molecular weight is 314 g/mol. The number of carbonyl (C=O) groups excluding carboxylic acids is 1. The summed E-state index contributed by atoms with van der Waals surface area (Å²) in [5.41, 5.74) is 3.24. The van der Waals surface area contributed by atoms with Crippen LogP contribution >= 0.6 is 22.7 Å². The minimum Gasteiger partial charge on any atom is -0.346 e. The highest BCUT2D eigenvalue weighted by Crippen LogP contribution is 2.24. The first kappa shape index (κ1) is 14.0. The number of aromatic nitrogens is 1. The molecule has 0 saturated heterocycles. The van der Waals surface area contributed by atoms with Gasteiger partial charge in [-0.3, -0.25) is 4.79 Å². The molecule has 21 heavy (non-hydrogen) atoms. The Kier molecular flexibility index (Phi) is 4.13. The van der Waals surface area contributed by atoms with Crippen molar-refractivity contribution in [2.24, 2.45) is 0 Å². The van der Waals surface area contributed by atoms with Crippen LogP contribution in [0.15, 0.2) is 47.2 Å². The van der Waals surface area contributed by atoms with Gasteiger partial charge in [0.2, 0.25) is 0 Å². The molecule has 0 saturated carbocycles. The van der Waals surface area contributed by atoms with E-state index in [1.807, 2.05) is 22.9 Å². The Morgan fingerprint density at radius 1 is 1.19 bits per heavy atom. The highest BCUT2D eigenvalue weighted by atomic mass is 32.1. The molecule has 1 N–H and O–H groups in total. The smallest absolute Gasteiger partial charge is 0.261 e. The Balaban J connectivity index is 1.65. The summed E-state index contributed by atoms with van der Waals surface area (Å²) in [5, 5.41) is 7.76. The van der Waals surface area contributed by atoms with E-state index in [-0.39, 0.29) is 5.91 Å². The van der Waals surface area contributed by atoms with Gasteiger partial charge in [-0.2, -0.15) is 0 Å². The van der Waals surface area contributed by atoms with Gasteiger partial charge in [-0.15, -0.1) is 22.7 Å². The molecule has 106 valence electrons. The van der Waals surface area contributed by atoms with Crippen LogP contribution in [0, 0.1) is 6.92 Å². The Bertz CT molecular complexity index is 730. The first-order valence-electron chi connectivity index (χ1n) is 6.55. The van der Waals surface area contributed by atoms with Gasteiger partial charge in [-0.05, 0) is 18.4 Å². The number of thiophene rings is 1. The van der Waals surface area contributed by atoms with Crippen molar-refractivity contribution in [3.63, 3.8) is 0 Å². The Morgan fingerprint density at radius 3 is 2.71 bits per heavy atom. The zero-order valence-electron chi connectivity index (χ0n) is 11.5. The number of hydrogen-bond acceptors (Lipinski definition) is 4. The molecule has 1 amide bonds. The molecule has 3 aromatic rings. The Labute approximate surface area is 131 Å². The number of aryl methyl sites for hydroxylation is 1. The monoisotopic (exact) mass is 314 g/mol. The van der Waals surface area contributed by atoms with Crippen LogP contribution in [0.5, 0.6) is 0 Å². The SMILES string of the molecule is Cc1ccc(-c2nc(CNC(=O)c3cccs3)cs2)cc1. The van der Waals surface area contributed by atoms with Crippen LogP contribution in [0.25, 0.3) is 10.6 Å². The predicted molar refractivity (Wildman–Crippen MR) is 87.8 cm³/mol. The number of hydrogen-bond donors (Lipinski definition) is 1. The first-order chi connectivity index (χ1) is 10.2. The number of thiazole rings is 1. The molecule has 1 aromatic carbocycles. The van der Waals surface area contributed by atoms with Gasteiger partial charge in [-0.25, -0.2) is 4.98 Å². The van der Waals surface area contributed by atoms with Crippen LogP contribution in [-0.2, 0) is 6.54 Å². The van der Waals surface area contributed by atoms with E-state index in [1.165, 1.54) is 16.9 Å². The van der Waals surface area contributed by atoms with Crippen molar-refractivity contribution in [2.45, 2.75) is 13.5 Å². The van der Waals surface area contributed by atoms with Crippen LogP contribution in [0.1, 0.15) is 20.9 Å². The van der Waals surface area contributed by atoms with E-state index < -0.39 is 0 Å². The van der Waals surface area contributed by atoms with E-state index in [1.54, 1.807) is 11.3 Å². The van der Waals surface area contributed by atoms with Crippen LogP contribution in [0.4, 0.5) is 0 Å². The van der Waals surface area contributed by atoms with E-state index in [2.05, 4.69) is 41.5 Å². The summed E-state index contributed by atoms with van der Waals surface area (Å²) in [6.45, 7) is 2.52. The molecule has 0 spiro atoms. The lowest BCUT2D eigenvalue weighted by atomic mass is 10.2. The molecule has 3 rings (SSSR count). The molecule has 0 fully saturated rings. The highest BCUT2D eigenvalue weighted by molar-refractivity contribution is 7.13. The van der Waals surface area contributed by atoms with Gasteiger partial charge in [-0.1, -0.05) is 35.9 Å². The molecule has 2 heterocycles. The fourth-order valence-electron chi connectivity index (χ4n) is 1.88. The molecule has 3 nitrogen and oxygen atoms in total. The largest absolute Gasteiger partial charge is 0.346 e. The molecule has 0 radical (unpaired) electrons. The number of nitrogens with zero attached hydrogens (tertiary/aromatic N) is 1. The minimum absolute atomic E-state index is 0.0464. The third kappa shape index (κ3) is 3.37. The quantitative estimate of drug-likeness (QED) is 0.787. The van der Waals surface area contributed by atoms with Gasteiger partial charge in [0, 0.05) is 10.9 Å². The fourth-order valence-corrected chi connectivity index (χ4v) is 3.35. The van der Waals surface area contributed by atoms with Crippen molar-refractivity contribution >= 4 is 28.6 Å². The van der Waals surface area contributed by atoms with Crippen molar-refractivity contribution in [3.8, 4) is 10.6 Å². The molecule has 0 aliphatic heterocycles. The Hall–Kier alpha value is -1.98. The fraction of sp³-hybridized carbons (Fsp3) is 0.125. The second-order valence-electron chi connectivity index (χ2n) is 4.67. The third-order valence-electron chi connectivity index (χ3n) is 3.03. The summed E-state index contributed by atoms with van der Waals surface area (Å²) in [6, 6.07) is 12.0. The second-order valence-corrected chi connectivity index (χ2v) is 6.48. The molecular formula is C16H14N2OS2. The summed E-state index contributed by atoms with van der Waals surface area (Å²) < 4.78 is 0. The standard InChI is InChI=1S/C16H14N2OS2/c1-11-4-6-12(7-5-11)16-18-13(10-21-16)9-17-15(19)14-3-2-8-20-14/h2-8,10H,9H2,1H3,(H,17,19). The van der Waals surface area contributed by atoms with E-state index in [4.69, 9.17) is 0 Å². The molecule has 2 aromatic heterocycles. The number of rotatable bonds is 4. The summed E-state index contributed by atoms with van der Waals surface area (Å²) in [4.78, 5) is 17.2. The normalized spacial score (nSPS) is 10.5. The van der Waals surface area contributed by atoms with Crippen molar-refractivity contribution in [1.82, 2.24) is 10.3 Å². The molecular weight excluding hydrogens is 300 g/mol. The lowest BCUT2D eigenvalue weighted by Crippen LogP contribution is -2.21. The van der Waals surface area contributed by atoms with Gasteiger partial charge in [0.1, 0.15) is 5.01 Å². The van der Waals surface area contributed by atoms with E-state index >= 15 is 0 Å². The van der Waals surface area contributed by atoms with Crippen LogP contribution in [-0.4, -0.2) is 10.9 Å². The number of benzene rings is 1. The van der Waals surface area contributed by atoms with Crippen molar-refractivity contribution < 1.29 is 4.79 Å². The molecule has 0 bridgehead atoms. The van der Waals surface area contributed by atoms with Crippen LogP contribution in [0.3, 0.4) is 0 Å². The van der Waals surface area contributed by atoms with Crippen molar-refractivity contribution in [3.05, 3.63) is 63.3 Å². The summed E-state index contributed by atoms with van der Waals surface area (Å²) >= 11 is 3.04. The van der Waals surface area contributed by atoms with E-state index in [0.717, 1.165) is 21.1 Å². The number of carbonyl (C=O) groups is 1. The van der Waals surface area contributed by atoms with Gasteiger partial charge < -0.3 is 5.32 Å². The van der Waals surface area contributed by atoms with Gasteiger partial charge in [0.15, 0.2) is 0 Å². The molecule has 0 aliphatic carbocycles. The number of amides is 1. The molecule has 0 unspecified atom stereocenters. The zero-order valence-corrected chi connectivity index (χ0v) is 13.1. The van der Waals surface area contributed by atoms with Gasteiger partial charge >= 0.3 is 0 Å². The lowest BCUT2D eigenvalue weighted by Gasteiger charge is -2.00. The Morgan fingerprint density at radius 2 is 2.00 bits per heavy atom. The van der Waals surface area contributed by atoms with Crippen molar-refractivity contribution in [2.75, 3.05) is 0 Å². The van der Waals surface area contributed by atoms with E-state index in [9.17, 15) is 4.79 Å². The van der Waals surface area contributed by atoms with Crippen LogP contribution in [0.2, 0.25) is 0 Å². The molecule has 0 atom stereocenters. The lowest BCUT2D eigenvalue weighted by molar-refractivity contribution is 0.0954. The van der Waals surface area contributed by atoms with Gasteiger partial charge in [0.25, 0.3) is 5.91 Å². The maximum atomic E-state index is 11.9. The van der Waals surface area contributed by atoms with Crippen molar-refractivity contribution in [1.29, 1.82) is 0 Å². The summed E-state index contributed by atoms with van der Waals surface area (Å²) in [6.07, 6.45) is 0. The summed E-state index contributed by atoms with van der Waals surface area (Å²) in [5.74, 6) is -0.0464. The minimum atomic E-state index is -0.0464. The second kappa shape index (κ2) is 6.20.